The number of aromatic nitrogens is 2. The van der Waals surface area contributed by atoms with Gasteiger partial charge in [0.1, 0.15) is 0 Å². The van der Waals surface area contributed by atoms with Gasteiger partial charge in [0, 0.05) is 0 Å². The van der Waals surface area contributed by atoms with Crippen LogP contribution in [0.1, 0.15) is 24.4 Å². The Balaban J connectivity index is 3.15. The minimum atomic E-state index is -1.16. The highest BCUT2D eigenvalue weighted by Gasteiger charge is 2.14. The summed E-state index contributed by atoms with van der Waals surface area (Å²) in [5.74, 6) is -1.16. The second-order valence-electron chi connectivity index (χ2n) is 2.92. The third-order valence-corrected chi connectivity index (χ3v) is 2.49. The fourth-order valence-electron chi connectivity index (χ4n) is 1.12. The van der Waals surface area contributed by atoms with E-state index in [4.69, 9.17) is 11.6 Å². The number of aliphatic carboxylic acids is 1. The van der Waals surface area contributed by atoms with Crippen molar-refractivity contribution in [2.24, 2.45) is 0 Å². The molecule has 0 amide bonds. The average Bonchev–Trinajstić information content (AvgIpc) is 2.31. The summed E-state index contributed by atoms with van der Waals surface area (Å²) in [6.45, 7) is 4.96. The van der Waals surface area contributed by atoms with E-state index in [1.165, 1.54) is 11.6 Å². The van der Waals surface area contributed by atoms with E-state index < -0.39 is 12.0 Å². The lowest BCUT2D eigenvalue weighted by molar-refractivity contribution is -0.310. The molecule has 1 atom stereocenters. The van der Waals surface area contributed by atoms with Gasteiger partial charge in [-0.25, -0.2) is 0 Å². The van der Waals surface area contributed by atoms with Crippen LogP contribution in [0.2, 0.25) is 5.02 Å². The Bertz CT molecular complexity index is 346. The maximum absolute atomic E-state index is 10.6. The molecule has 0 spiro atoms. The second kappa shape index (κ2) is 3.38. The molecule has 0 bridgehead atoms. The van der Waals surface area contributed by atoms with Crippen LogP contribution in [0.4, 0.5) is 0 Å². The Morgan fingerprint density at radius 1 is 1.62 bits per heavy atom. The van der Waals surface area contributed by atoms with Crippen LogP contribution in [0.15, 0.2) is 0 Å². The molecule has 0 fully saturated rings. The van der Waals surface area contributed by atoms with E-state index >= 15 is 0 Å². The van der Waals surface area contributed by atoms with E-state index in [2.05, 4.69) is 5.10 Å². The van der Waals surface area contributed by atoms with E-state index in [9.17, 15) is 9.90 Å². The summed E-state index contributed by atoms with van der Waals surface area (Å²) in [6, 6.07) is -0.786. The van der Waals surface area contributed by atoms with Crippen LogP contribution in [0, 0.1) is 13.8 Å². The van der Waals surface area contributed by atoms with Crippen LogP contribution in [-0.4, -0.2) is 15.7 Å². The topological polar surface area (TPSA) is 58.0 Å². The maximum atomic E-state index is 10.6. The summed E-state index contributed by atoms with van der Waals surface area (Å²) < 4.78 is 1.35. The predicted molar refractivity (Wildman–Crippen MR) is 46.4 cm³/mol. The smallest absolute Gasteiger partial charge is 0.0888 e. The summed E-state index contributed by atoms with van der Waals surface area (Å²) in [4.78, 5) is 10.6. The molecule has 0 aliphatic rings. The monoisotopic (exact) mass is 201 g/mol. The molecule has 0 N–H and O–H groups in total. The lowest BCUT2D eigenvalue weighted by Crippen LogP contribution is -2.32. The summed E-state index contributed by atoms with van der Waals surface area (Å²) in [5.41, 5.74) is 1.28. The van der Waals surface area contributed by atoms with Crippen molar-refractivity contribution in [3.63, 3.8) is 0 Å². The molecular formula is C8H10ClN2O2-. The molecular weight excluding hydrogens is 192 g/mol. The van der Waals surface area contributed by atoms with Crippen molar-refractivity contribution in [1.29, 1.82) is 0 Å². The van der Waals surface area contributed by atoms with Crippen LogP contribution in [0.25, 0.3) is 0 Å². The molecule has 5 heteroatoms. The molecule has 72 valence electrons. The fraction of sp³-hybridized carbons (Fsp3) is 0.500. The molecule has 0 aliphatic carbocycles. The van der Waals surface area contributed by atoms with E-state index in [-0.39, 0.29) is 0 Å². The number of hydrogen-bond donors (Lipinski definition) is 0. The van der Waals surface area contributed by atoms with Crippen LogP contribution >= 0.6 is 11.6 Å². The zero-order chi connectivity index (χ0) is 10.2. The number of carboxylic acids is 1. The third-order valence-electron chi connectivity index (χ3n) is 1.94. The van der Waals surface area contributed by atoms with Gasteiger partial charge in [0.05, 0.1) is 28.4 Å². The van der Waals surface area contributed by atoms with Gasteiger partial charge in [-0.05, 0) is 20.8 Å². The first-order chi connectivity index (χ1) is 5.95. The SMILES string of the molecule is Cc1nn([C@H](C)C(=O)[O-])c(C)c1Cl. The number of carbonyl (C=O) groups excluding carboxylic acids is 1. The van der Waals surface area contributed by atoms with Gasteiger partial charge in [-0.3, -0.25) is 4.68 Å². The van der Waals surface area contributed by atoms with Crippen LogP contribution in [0.3, 0.4) is 0 Å². The molecule has 0 saturated carbocycles. The summed E-state index contributed by atoms with van der Waals surface area (Å²) in [6.07, 6.45) is 0. The highest BCUT2D eigenvalue weighted by Crippen LogP contribution is 2.21. The van der Waals surface area contributed by atoms with E-state index in [1.54, 1.807) is 13.8 Å². The number of hydrogen-bond acceptors (Lipinski definition) is 3. The van der Waals surface area contributed by atoms with Crippen molar-refractivity contribution in [2.45, 2.75) is 26.8 Å². The third kappa shape index (κ3) is 1.67. The van der Waals surface area contributed by atoms with Crippen LogP contribution < -0.4 is 5.11 Å². The lowest BCUT2D eigenvalue weighted by atomic mass is 10.3. The van der Waals surface area contributed by atoms with Gasteiger partial charge in [-0.2, -0.15) is 5.10 Å². The maximum Gasteiger partial charge on any atom is 0.0888 e. The standard InChI is InChI=1S/C8H11ClN2O2/c1-4-7(9)5(2)11(10-4)6(3)8(12)13/h6H,1-3H3,(H,12,13)/p-1/t6-/m1/s1. The number of aryl methyl sites for hydroxylation is 1. The number of halogens is 1. The van der Waals surface area contributed by atoms with Crippen LogP contribution in [-0.2, 0) is 4.79 Å². The second-order valence-corrected chi connectivity index (χ2v) is 3.30. The zero-order valence-electron chi connectivity index (χ0n) is 7.67. The van der Waals surface area contributed by atoms with E-state index in [0.717, 1.165) is 0 Å². The molecule has 4 nitrogen and oxygen atoms in total. The van der Waals surface area contributed by atoms with E-state index in [1.807, 2.05) is 0 Å². The van der Waals surface area contributed by atoms with Gasteiger partial charge < -0.3 is 9.90 Å². The molecule has 1 heterocycles. The largest absolute Gasteiger partial charge is 0.548 e. The summed E-state index contributed by atoms with van der Waals surface area (Å²) in [5, 5.41) is 15.1. The number of rotatable bonds is 2. The molecule has 0 saturated heterocycles. The van der Waals surface area contributed by atoms with Gasteiger partial charge in [0.25, 0.3) is 0 Å². The number of carboxylic acid groups (broad SMARTS) is 1. The van der Waals surface area contributed by atoms with Crippen molar-refractivity contribution in [1.82, 2.24) is 9.78 Å². The molecule has 1 aromatic rings. The normalized spacial score (nSPS) is 12.9. The minimum absolute atomic E-state index is 0.508. The molecule has 0 radical (unpaired) electrons. The Labute approximate surface area is 81.1 Å². The predicted octanol–water partition coefficient (Wildman–Crippen LogP) is 0.464. The summed E-state index contributed by atoms with van der Waals surface area (Å²) >= 11 is 5.85. The average molecular weight is 202 g/mol. The van der Waals surface area contributed by atoms with Crippen molar-refractivity contribution < 1.29 is 9.90 Å². The van der Waals surface area contributed by atoms with Gasteiger partial charge in [0.15, 0.2) is 0 Å². The van der Waals surface area contributed by atoms with Gasteiger partial charge >= 0.3 is 0 Å². The van der Waals surface area contributed by atoms with Gasteiger partial charge in [0.2, 0.25) is 0 Å². The Morgan fingerprint density at radius 3 is 2.46 bits per heavy atom. The Morgan fingerprint density at radius 2 is 2.15 bits per heavy atom. The van der Waals surface area contributed by atoms with Crippen LogP contribution in [0.5, 0.6) is 0 Å². The highest BCUT2D eigenvalue weighted by molar-refractivity contribution is 6.31. The van der Waals surface area contributed by atoms with Gasteiger partial charge in [-0.15, -0.1) is 0 Å². The molecule has 0 aromatic carbocycles. The lowest BCUT2D eigenvalue weighted by Gasteiger charge is -2.14. The molecule has 0 unspecified atom stereocenters. The highest BCUT2D eigenvalue weighted by atomic mass is 35.5. The fourth-order valence-corrected chi connectivity index (χ4v) is 1.24. The Hall–Kier alpha value is -1.03. The molecule has 0 aliphatic heterocycles. The van der Waals surface area contributed by atoms with Crippen molar-refractivity contribution in [3.8, 4) is 0 Å². The minimum Gasteiger partial charge on any atom is -0.548 e. The first kappa shape index (κ1) is 10.1. The molecule has 13 heavy (non-hydrogen) atoms. The Kier molecular flexibility index (Phi) is 2.61. The molecule has 1 rings (SSSR count). The quantitative estimate of drug-likeness (QED) is 0.699. The zero-order valence-corrected chi connectivity index (χ0v) is 8.42. The number of nitrogens with zero attached hydrogens (tertiary/aromatic N) is 2. The molecule has 1 aromatic heterocycles. The van der Waals surface area contributed by atoms with Crippen molar-refractivity contribution in [3.05, 3.63) is 16.4 Å². The summed E-state index contributed by atoms with van der Waals surface area (Å²) in [7, 11) is 0. The number of carbonyl (C=O) groups is 1. The first-order valence-corrected chi connectivity index (χ1v) is 4.25. The van der Waals surface area contributed by atoms with E-state index in [0.29, 0.717) is 16.4 Å². The van der Waals surface area contributed by atoms with Crippen molar-refractivity contribution >= 4 is 17.6 Å². The van der Waals surface area contributed by atoms with Crippen molar-refractivity contribution in [2.75, 3.05) is 0 Å². The van der Waals surface area contributed by atoms with Gasteiger partial charge in [-0.1, -0.05) is 11.6 Å². The first-order valence-electron chi connectivity index (χ1n) is 3.87.